The zero-order chi connectivity index (χ0) is 16.1. The van der Waals surface area contributed by atoms with E-state index in [0.717, 1.165) is 16.1 Å². The molecule has 0 aliphatic heterocycles. The molecule has 0 saturated carbocycles. The van der Waals surface area contributed by atoms with E-state index in [9.17, 15) is 5.11 Å². The number of benzene rings is 4. The molecule has 0 amide bonds. The quantitative estimate of drug-likeness (QED) is 0.330. The van der Waals surface area contributed by atoms with Crippen molar-refractivity contribution in [2.24, 2.45) is 0 Å². The molecular weight excluding hydrogens is 323 g/mol. The largest absolute Gasteiger partial charge is 2.00 e. The van der Waals surface area contributed by atoms with Crippen molar-refractivity contribution in [3.05, 3.63) is 72.8 Å². The first-order valence-electron chi connectivity index (χ1n) is 7.83. The number of hydrogen-bond acceptors (Lipinski definition) is 2. The van der Waals surface area contributed by atoms with Crippen LogP contribution in [0.1, 0.15) is 0 Å². The minimum absolute atomic E-state index is 0. The molecule has 0 atom stereocenters. The molecule has 2 nitrogen and oxygen atoms in total. The molecule has 4 aromatic carbocycles. The number of nitrogens with one attached hydrogen (secondary N) is 1. The Balaban J connectivity index is 0.00000157. The Morgan fingerprint density at radius 2 is 1.48 bits per heavy atom. The predicted molar refractivity (Wildman–Crippen MR) is 104 cm³/mol. The van der Waals surface area contributed by atoms with Gasteiger partial charge in [0.05, 0.1) is 0 Å². The molecule has 0 spiro atoms. The molecule has 0 unspecified atom stereocenters. The molecule has 25 heavy (non-hydrogen) atoms. The summed E-state index contributed by atoms with van der Waals surface area (Å²) in [6.07, 6.45) is 0. The smallest absolute Gasteiger partial charge is 0.872 e. The van der Waals surface area contributed by atoms with Crippen LogP contribution in [-0.2, 0) is 0 Å². The van der Waals surface area contributed by atoms with E-state index in [1.165, 1.54) is 26.2 Å². The predicted octanol–water partition coefficient (Wildman–Crippen LogP) is 4.38. The summed E-state index contributed by atoms with van der Waals surface area (Å²) < 4.78 is 1.19. The van der Waals surface area contributed by atoms with Gasteiger partial charge in [0.1, 0.15) is 4.70 Å². The van der Waals surface area contributed by atoms with Crippen LogP contribution in [0.5, 0.6) is 5.75 Å². The van der Waals surface area contributed by atoms with Gasteiger partial charge in [-0.25, -0.2) is 0 Å². The topological polar surface area (TPSA) is 37.2 Å². The average Bonchev–Trinajstić information content (AvgIpc) is 3.05. The van der Waals surface area contributed by atoms with Crippen LogP contribution in [0.2, 0.25) is 0 Å². The fourth-order valence-electron chi connectivity index (χ4n) is 3.22. The Morgan fingerprint density at radius 3 is 2.28 bits per heavy atom. The fraction of sp³-hybridized carbons (Fsp3) is 0. The summed E-state index contributed by atoms with van der Waals surface area (Å²) in [5.74, 6) is 0.0510. The van der Waals surface area contributed by atoms with Gasteiger partial charge in [-0.15, -0.1) is 0 Å². The fourth-order valence-corrected chi connectivity index (χ4v) is 4.38. The van der Waals surface area contributed by atoms with Crippen LogP contribution in [0.3, 0.4) is 0 Å². The summed E-state index contributed by atoms with van der Waals surface area (Å²) in [5.41, 5.74) is 1.80. The molecule has 4 heteroatoms. The van der Waals surface area contributed by atoms with Crippen molar-refractivity contribution in [2.75, 3.05) is 0 Å². The van der Waals surface area contributed by atoms with Crippen molar-refractivity contribution < 1.29 is 10.1 Å². The number of hydrogen-bond donors (Lipinski definition) is 0. The Labute approximate surface area is 152 Å². The molecule has 0 bridgehead atoms. The number of aromatic nitrogens is 1. The third kappa shape index (κ3) is 2.49. The number of para-hydroxylation sites is 1. The monoisotopic (exact) mass is 336 g/mol. The summed E-state index contributed by atoms with van der Waals surface area (Å²) in [5, 5.41) is 18.0. The van der Waals surface area contributed by atoms with Crippen LogP contribution in [-0.4, -0.2) is 10.1 Å². The van der Waals surface area contributed by atoms with Gasteiger partial charge in [-0.1, -0.05) is 59.6 Å². The molecule has 0 radical (unpaired) electrons. The number of aromatic amines is 1. The summed E-state index contributed by atoms with van der Waals surface area (Å²) in [6.45, 7) is 0. The van der Waals surface area contributed by atoms with Gasteiger partial charge in [-0.05, 0) is 40.4 Å². The van der Waals surface area contributed by atoms with Gasteiger partial charge in [-0.3, -0.25) is 0 Å². The molecule has 1 aromatic heterocycles. The van der Waals surface area contributed by atoms with Crippen molar-refractivity contribution >= 4 is 53.2 Å². The average molecular weight is 336 g/mol. The van der Waals surface area contributed by atoms with Crippen molar-refractivity contribution in [3.8, 4) is 16.3 Å². The van der Waals surface area contributed by atoms with Crippen molar-refractivity contribution in [2.45, 2.75) is 0 Å². The Morgan fingerprint density at radius 1 is 0.760 bits per heavy atom. The molecule has 0 aliphatic carbocycles. The maximum Gasteiger partial charge on any atom is 2.00 e. The van der Waals surface area contributed by atoms with Crippen LogP contribution in [0, 0.1) is 0 Å². The second-order valence-electron chi connectivity index (χ2n) is 5.92. The molecule has 5 rings (SSSR count). The molecule has 0 aliphatic rings. The van der Waals surface area contributed by atoms with Crippen LogP contribution >= 0.6 is 11.3 Å². The molecule has 0 saturated heterocycles. The number of thiazole rings is 1. The van der Waals surface area contributed by atoms with Gasteiger partial charge in [0.25, 0.3) is 5.01 Å². The maximum atomic E-state index is 12.1. The van der Waals surface area contributed by atoms with E-state index < -0.39 is 0 Å². The van der Waals surface area contributed by atoms with Gasteiger partial charge in [0.15, 0.2) is 0 Å². The van der Waals surface area contributed by atoms with Crippen LogP contribution < -0.4 is 10.1 Å². The number of fused-ring (bicyclic) bond motifs is 4. The van der Waals surface area contributed by atoms with Crippen LogP contribution in [0.25, 0.3) is 42.3 Å². The van der Waals surface area contributed by atoms with Gasteiger partial charge in [-0.2, -0.15) is 4.98 Å². The van der Waals surface area contributed by atoms with E-state index in [-0.39, 0.29) is 15.9 Å². The second kappa shape index (κ2) is 5.96. The van der Waals surface area contributed by atoms with Gasteiger partial charge in [0.2, 0.25) is 5.52 Å². The summed E-state index contributed by atoms with van der Waals surface area (Å²) in [6, 6.07) is 24.3. The molecule has 5 aromatic rings. The minimum atomic E-state index is 0. The summed E-state index contributed by atoms with van der Waals surface area (Å²) in [4.78, 5) is 3.41. The van der Waals surface area contributed by atoms with Gasteiger partial charge in [0, 0.05) is 17.0 Å². The van der Waals surface area contributed by atoms with E-state index in [0.29, 0.717) is 0 Å². The Kier molecular flexibility index (Phi) is 3.76. The molecule has 1 N–H and O–H groups in total. The summed E-state index contributed by atoms with van der Waals surface area (Å²) >= 11 is 1.65. The van der Waals surface area contributed by atoms with Crippen molar-refractivity contribution in [1.29, 1.82) is 0 Å². The van der Waals surface area contributed by atoms with E-state index in [4.69, 9.17) is 0 Å². The minimum Gasteiger partial charge on any atom is -0.872 e. The SMILES string of the molecule is [Be+2].[O-]c1ccccc1-c1[nH+]c2ccc3cc4ccccc4cc3c2s1. The van der Waals surface area contributed by atoms with Crippen molar-refractivity contribution in [1.82, 2.24) is 0 Å². The van der Waals surface area contributed by atoms with E-state index >= 15 is 0 Å². The van der Waals surface area contributed by atoms with E-state index in [1.54, 1.807) is 23.5 Å². The van der Waals surface area contributed by atoms with Crippen LogP contribution in [0.4, 0.5) is 0 Å². The van der Waals surface area contributed by atoms with Crippen molar-refractivity contribution in [3.63, 3.8) is 0 Å². The normalized spacial score (nSPS) is 11.0. The van der Waals surface area contributed by atoms with E-state index in [2.05, 4.69) is 53.5 Å². The molecule has 0 fully saturated rings. The molecule has 114 valence electrons. The third-order valence-electron chi connectivity index (χ3n) is 4.42. The third-order valence-corrected chi connectivity index (χ3v) is 5.59. The van der Waals surface area contributed by atoms with Gasteiger partial charge >= 0.3 is 10.1 Å². The second-order valence-corrected chi connectivity index (χ2v) is 6.94. The first-order valence-corrected chi connectivity index (χ1v) is 8.65. The first kappa shape index (κ1) is 15.8. The van der Waals surface area contributed by atoms with E-state index in [1.807, 2.05) is 12.1 Å². The van der Waals surface area contributed by atoms with Crippen LogP contribution in [0.15, 0.2) is 72.8 Å². The molecular formula is C21H13BeNOS+2. The number of rotatable bonds is 1. The summed E-state index contributed by atoms with van der Waals surface area (Å²) in [7, 11) is 0. The standard InChI is InChI=1S/C21H13NOS.Be/c23-19-8-4-3-7-16(19)21-22-18-10-9-15-11-13-5-1-2-6-14(13)12-17(15)20(18)24-21;/h1-12,23H;/q;+2. The molecule has 1 heterocycles. The maximum absolute atomic E-state index is 12.1. The Bertz CT molecular complexity index is 1230. The zero-order valence-corrected chi connectivity index (χ0v) is 14.3. The zero-order valence-electron chi connectivity index (χ0n) is 13.5. The first-order chi connectivity index (χ1) is 11.8. The Hall–Kier alpha value is -2.74. The van der Waals surface area contributed by atoms with Gasteiger partial charge < -0.3 is 5.11 Å². The number of H-pyrrole nitrogens is 1.